The molecular formula is C22H28ClN3O3. The normalized spacial score (nSPS) is 16.7. The summed E-state index contributed by atoms with van der Waals surface area (Å²) in [6.07, 6.45) is 0. The van der Waals surface area contributed by atoms with Gasteiger partial charge in [-0.3, -0.25) is 9.69 Å². The minimum Gasteiger partial charge on any atom is -0.495 e. The number of hydrogen-bond donors (Lipinski definition) is 0. The summed E-state index contributed by atoms with van der Waals surface area (Å²) in [6, 6.07) is 13.9. The van der Waals surface area contributed by atoms with Crippen LogP contribution in [0.1, 0.15) is 15.9 Å². The molecule has 0 saturated carbocycles. The smallest absolute Gasteiger partial charge is 0.260 e. The van der Waals surface area contributed by atoms with E-state index in [2.05, 4.69) is 15.9 Å². The van der Waals surface area contributed by atoms with E-state index in [9.17, 15) is 4.79 Å². The quantitative estimate of drug-likeness (QED) is 0.748. The van der Waals surface area contributed by atoms with Gasteiger partial charge in [0.25, 0.3) is 5.91 Å². The summed E-state index contributed by atoms with van der Waals surface area (Å²) in [5.41, 5.74) is 2.90. The van der Waals surface area contributed by atoms with Crippen LogP contribution >= 0.6 is 12.4 Å². The predicted molar refractivity (Wildman–Crippen MR) is 117 cm³/mol. The zero-order valence-electron chi connectivity index (χ0n) is 17.0. The van der Waals surface area contributed by atoms with E-state index in [1.165, 1.54) is 0 Å². The van der Waals surface area contributed by atoms with Crippen molar-refractivity contribution in [2.24, 2.45) is 0 Å². The van der Waals surface area contributed by atoms with E-state index >= 15 is 0 Å². The van der Waals surface area contributed by atoms with E-state index < -0.39 is 0 Å². The topological polar surface area (TPSA) is 45.2 Å². The Bertz CT molecular complexity index is 853. The molecule has 0 atom stereocenters. The Morgan fingerprint density at radius 3 is 2.55 bits per heavy atom. The van der Waals surface area contributed by atoms with E-state index in [0.29, 0.717) is 24.6 Å². The van der Waals surface area contributed by atoms with Gasteiger partial charge in [-0.25, -0.2) is 0 Å². The third kappa shape index (κ3) is 4.60. The van der Waals surface area contributed by atoms with Gasteiger partial charge in [0.05, 0.1) is 18.4 Å². The molecule has 2 heterocycles. The molecule has 0 aliphatic carbocycles. The van der Waals surface area contributed by atoms with Crippen LogP contribution in [-0.4, -0.2) is 68.8 Å². The number of benzene rings is 2. The number of hydrogen-bond acceptors (Lipinski definition) is 5. The van der Waals surface area contributed by atoms with Crippen molar-refractivity contribution in [2.75, 3.05) is 58.0 Å². The monoisotopic (exact) mass is 417 g/mol. The molecule has 0 spiro atoms. The van der Waals surface area contributed by atoms with E-state index in [4.69, 9.17) is 9.47 Å². The number of carbonyl (C=O) groups excluding carboxylic acids is 1. The van der Waals surface area contributed by atoms with Gasteiger partial charge in [0, 0.05) is 39.3 Å². The van der Waals surface area contributed by atoms with Gasteiger partial charge in [-0.15, -0.1) is 12.4 Å². The minimum absolute atomic E-state index is 0. The van der Waals surface area contributed by atoms with Gasteiger partial charge < -0.3 is 19.3 Å². The summed E-state index contributed by atoms with van der Waals surface area (Å²) < 4.78 is 11.3. The fourth-order valence-electron chi connectivity index (χ4n) is 3.84. The minimum atomic E-state index is 0. The average molecular weight is 418 g/mol. The first-order valence-electron chi connectivity index (χ1n) is 9.79. The van der Waals surface area contributed by atoms with Crippen molar-refractivity contribution in [1.82, 2.24) is 9.80 Å². The lowest BCUT2D eigenvalue weighted by Gasteiger charge is -2.38. The number of ether oxygens (including phenoxy) is 2. The maximum absolute atomic E-state index is 12.8. The number of nitrogens with zero attached hydrogens (tertiary/aromatic N) is 3. The molecule has 1 saturated heterocycles. The second-order valence-corrected chi connectivity index (χ2v) is 7.34. The molecule has 156 valence electrons. The summed E-state index contributed by atoms with van der Waals surface area (Å²) in [5, 5.41) is 0. The van der Waals surface area contributed by atoms with Crippen LogP contribution in [0.5, 0.6) is 11.5 Å². The Morgan fingerprint density at radius 1 is 1.03 bits per heavy atom. The molecule has 2 aromatic rings. The van der Waals surface area contributed by atoms with Crippen LogP contribution < -0.4 is 14.4 Å². The van der Waals surface area contributed by atoms with Crippen molar-refractivity contribution in [2.45, 2.75) is 6.92 Å². The standard InChI is InChI=1S/C22H27N3O3.ClH/c1-17-7-8-20-18(15-17)22(26)25(16-28-20)14-11-23-9-12-24(13-10-23)19-5-3-4-6-21(19)27-2;/h3-8,15H,9-14,16H2,1-2H3;1H. The fourth-order valence-corrected chi connectivity index (χ4v) is 3.84. The molecule has 0 N–H and O–H groups in total. The van der Waals surface area contributed by atoms with E-state index in [0.717, 1.165) is 49.7 Å². The first-order valence-corrected chi connectivity index (χ1v) is 9.79. The van der Waals surface area contributed by atoms with Crippen LogP contribution in [0.4, 0.5) is 5.69 Å². The number of halogens is 1. The van der Waals surface area contributed by atoms with E-state index in [-0.39, 0.29) is 18.3 Å². The number of rotatable bonds is 5. The molecule has 1 fully saturated rings. The van der Waals surface area contributed by atoms with Crippen LogP contribution in [0.3, 0.4) is 0 Å². The molecule has 2 aromatic carbocycles. The summed E-state index contributed by atoms with van der Waals surface area (Å²) in [5.74, 6) is 1.68. The highest BCUT2D eigenvalue weighted by Gasteiger charge is 2.26. The Balaban J connectivity index is 0.00000240. The number of fused-ring (bicyclic) bond motifs is 1. The van der Waals surface area contributed by atoms with Crippen LogP contribution in [0.25, 0.3) is 0 Å². The molecule has 0 radical (unpaired) electrons. The molecule has 1 amide bonds. The first-order chi connectivity index (χ1) is 13.7. The predicted octanol–water partition coefficient (Wildman–Crippen LogP) is 3.04. The van der Waals surface area contributed by atoms with Gasteiger partial charge in [0.1, 0.15) is 11.5 Å². The van der Waals surface area contributed by atoms with Crippen LogP contribution in [0.15, 0.2) is 42.5 Å². The summed E-state index contributed by atoms with van der Waals surface area (Å²) >= 11 is 0. The maximum atomic E-state index is 12.8. The van der Waals surface area contributed by atoms with Gasteiger partial charge in [-0.1, -0.05) is 23.8 Å². The number of anilines is 1. The fraction of sp³-hybridized carbons (Fsp3) is 0.409. The number of methoxy groups -OCH3 is 1. The van der Waals surface area contributed by atoms with Gasteiger partial charge in [-0.05, 0) is 31.2 Å². The van der Waals surface area contributed by atoms with Crippen molar-refractivity contribution in [3.05, 3.63) is 53.6 Å². The number of amides is 1. The molecule has 2 aliphatic heterocycles. The highest BCUT2D eigenvalue weighted by Crippen LogP contribution is 2.28. The largest absolute Gasteiger partial charge is 0.495 e. The molecule has 2 aliphatic rings. The highest BCUT2D eigenvalue weighted by atomic mass is 35.5. The van der Waals surface area contributed by atoms with Crippen LogP contribution in [-0.2, 0) is 0 Å². The maximum Gasteiger partial charge on any atom is 0.260 e. The molecule has 0 unspecified atom stereocenters. The Morgan fingerprint density at radius 2 is 1.79 bits per heavy atom. The third-order valence-corrected chi connectivity index (χ3v) is 5.51. The number of aryl methyl sites for hydroxylation is 1. The lowest BCUT2D eigenvalue weighted by Crippen LogP contribution is -2.50. The number of piperazine rings is 1. The number of carbonyl (C=O) groups is 1. The van der Waals surface area contributed by atoms with Crippen molar-refractivity contribution in [3.8, 4) is 11.5 Å². The number of para-hydroxylation sites is 2. The van der Waals surface area contributed by atoms with Gasteiger partial charge in [0.2, 0.25) is 0 Å². The van der Waals surface area contributed by atoms with Gasteiger partial charge in [0.15, 0.2) is 6.73 Å². The summed E-state index contributed by atoms with van der Waals surface area (Å²) in [6.45, 7) is 7.70. The lowest BCUT2D eigenvalue weighted by molar-refractivity contribution is 0.0488. The second-order valence-electron chi connectivity index (χ2n) is 7.34. The SMILES string of the molecule is COc1ccccc1N1CCN(CCN2COc3ccc(C)cc3C2=O)CC1.Cl. The van der Waals surface area contributed by atoms with Gasteiger partial charge >= 0.3 is 0 Å². The molecule has 6 nitrogen and oxygen atoms in total. The van der Waals surface area contributed by atoms with Gasteiger partial charge in [-0.2, -0.15) is 0 Å². The second kappa shape index (κ2) is 9.37. The van der Waals surface area contributed by atoms with Crippen molar-refractivity contribution in [3.63, 3.8) is 0 Å². The molecule has 0 bridgehead atoms. The van der Waals surface area contributed by atoms with E-state index in [1.54, 1.807) is 12.0 Å². The van der Waals surface area contributed by atoms with Crippen molar-refractivity contribution >= 4 is 24.0 Å². The molecule has 7 heteroatoms. The Hall–Kier alpha value is -2.44. The lowest BCUT2D eigenvalue weighted by atomic mass is 10.1. The van der Waals surface area contributed by atoms with Crippen LogP contribution in [0, 0.1) is 6.92 Å². The molecule has 0 aromatic heterocycles. The van der Waals surface area contributed by atoms with Crippen molar-refractivity contribution < 1.29 is 14.3 Å². The Kier molecular flexibility index (Phi) is 6.87. The average Bonchev–Trinajstić information content (AvgIpc) is 2.74. The Labute approximate surface area is 178 Å². The first kappa shape index (κ1) is 21.3. The molecular weight excluding hydrogens is 390 g/mol. The van der Waals surface area contributed by atoms with Crippen LogP contribution in [0.2, 0.25) is 0 Å². The summed E-state index contributed by atoms with van der Waals surface area (Å²) in [4.78, 5) is 19.3. The molecule has 29 heavy (non-hydrogen) atoms. The zero-order chi connectivity index (χ0) is 19.5. The zero-order valence-corrected chi connectivity index (χ0v) is 17.8. The van der Waals surface area contributed by atoms with E-state index in [1.807, 2.05) is 43.3 Å². The summed E-state index contributed by atoms with van der Waals surface area (Å²) in [7, 11) is 1.71. The highest BCUT2D eigenvalue weighted by molar-refractivity contribution is 5.97. The molecule has 4 rings (SSSR count). The van der Waals surface area contributed by atoms with Crippen molar-refractivity contribution in [1.29, 1.82) is 0 Å². The third-order valence-electron chi connectivity index (χ3n) is 5.51.